The average molecular weight is 360 g/mol. The van der Waals surface area contributed by atoms with Gasteiger partial charge in [-0.3, -0.25) is 4.79 Å². The van der Waals surface area contributed by atoms with Crippen LogP contribution in [0.25, 0.3) is 0 Å². The maximum Gasteiger partial charge on any atom is 0.254 e. The van der Waals surface area contributed by atoms with E-state index in [0.29, 0.717) is 12.1 Å². The fourth-order valence-electron chi connectivity index (χ4n) is 2.95. The predicted molar refractivity (Wildman–Crippen MR) is 93.4 cm³/mol. The summed E-state index contributed by atoms with van der Waals surface area (Å²) in [4.78, 5) is 22.0. The minimum absolute atomic E-state index is 0.0693. The largest absolute Gasteiger partial charge is 0.347 e. The van der Waals surface area contributed by atoms with Gasteiger partial charge in [0.05, 0.1) is 10.9 Å². The Hall–Kier alpha value is -2.45. The van der Waals surface area contributed by atoms with Crippen LogP contribution in [-0.4, -0.2) is 42.3 Å². The van der Waals surface area contributed by atoms with Crippen LogP contribution in [0.3, 0.4) is 0 Å². The maximum absolute atomic E-state index is 12.8. The van der Waals surface area contributed by atoms with E-state index in [2.05, 4.69) is 21.3 Å². The Morgan fingerprint density at radius 3 is 2.80 bits per heavy atom. The zero-order valence-corrected chi connectivity index (χ0v) is 14.5. The highest BCUT2D eigenvalue weighted by Crippen LogP contribution is 2.31. The van der Waals surface area contributed by atoms with Gasteiger partial charge in [0.15, 0.2) is 0 Å². The number of carbonyl (C=O) groups is 1. The number of benzene rings is 1. The molecule has 7 nitrogen and oxygen atoms in total. The molecule has 2 aromatic rings. The topological polar surface area (TPSA) is 95.2 Å². The summed E-state index contributed by atoms with van der Waals surface area (Å²) in [6.07, 6.45) is 6.66. The Morgan fingerprint density at radius 2 is 2.16 bits per heavy atom. The van der Waals surface area contributed by atoms with Crippen LogP contribution in [0, 0.1) is 0 Å². The van der Waals surface area contributed by atoms with Gasteiger partial charge in [-0.05, 0) is 37.1 Å². The van der Waals surface area contributed by atoms with E-state index in [-0.39, 0.29) is 23.4 Å². The van der Waals surface area contributed by atoms with Crippen molar-refractivity contribution in [1.82, 2.24) is 19.6 Å². The van der Waals surface area contributed by atoms with E-state index in [1.54, 1.807) is 29.4 Å². The van der Waals surface area contributed by atoms with Crippen molar-refractivity contribution in [3.05, 3.63) is 60.7 Å². The van der Waals surface area contributed by atoms with Crippen molar-refractivity contribution in [2.45, 2.75) is 23.8 Å². The lowest BCUT2D eigenvalue weighted by atomic mass is 10.1. The molecular formula is C17H20N4O3S. The van der Waals surface area contributed by atoms with Crippen LogP contribution in [0.5, 0.6) is 0 Å². The molecule has 0 bridgehead atoms. The molecule has 1 aromatic heterocycles. The van der Waals surface area contributed by atoms with Crippen LogP contribution in [0.2, 0.25) is 0 Å². The second-order valence-electron chi connectivity index (χ2n) is 5.80. The molecule has 2 N–H and O–H groups in total. The number of aromatic nitrogens is 2. The van der Waals surface area contributed by atoms with Crippen LogP contribution in [0.4, 0.5) is 0 Å². The van der Waals surface area contributed by atoms with E-state index in [4.69, 9.17) is 0 Å². The third kappa shape index (κ3) is 3.64. The number of aromatic amines is 1. The third-order valence-corrected chi connectivity index (χ3v) is 5.62. The molecule has 1 fully saturated rings. The van der Waals surface area contributed by atoms with E-state index in [9.17, 15) is 13.2 Å². The van der Waals surface area contributed by atoms with Crippen LogP contribution < -0.4 is 4.72 Å². The molecule has 0 saturated carbocycles. The number of amides is 1. The van der Waals surface area contributed by atoms with Gasteiger partial charge in [-0.15, -0.1) is 6.58 Å². The van der Waals surface area contributed by atoms with Crippen LogP contribution in [0.1, 0.15) is 35.1 Å². The fourth-order valence-corrected chi connectivity index (χ4v) is 3.95. The summed E-state index contributed by atoms with van der Waals surface area (Å²) >= 11 is 0. The van der Waals surface area contributed by atoms with Crippen molar-refractivity contribution in [1.29, 1.82) is 0 Å². The van der Waals surface area contributed by atoms with Crippen molar-refractivity contribution in [2.75, 3.05) is 13.1 Å². The molecule has 132 valence electrons. The molecule has 1 aromatic carbocycles. The first-order chi connectivity index (χ1) is 12.0. The van der Waals surface area contributed by atoms with Gasteiger partial charge < -0.3 is 9.88 Å². The Kier molecular flexibility index (Phi) is 5.00. The smallest absolute Gasteiger partial charge is 0.254 e. The molecule has 0 spiro atoms. The summed E-state index contributed by atoms with van der Waals surface area (Å²) in [7, 11) is -3.59. The minimum Gasteiger partial charge on any atom is -0.347 e. The number of hydrogen-bond donors (Lipinski definition) is 2. The summed E-state index contributed by atoms with van der Waals surface area (Å²) in [6.45, 7) is 4.29. The number of carbonyl (C=O) groups excluding carboxylic acids is 1. The van der Waals surface area contributed by atoms with Gasteiger partial charge >= 0.3 is 0 Å². The van der Waals surface area contributed by atoms with Crippen LogP contribution >= 0.6 is 0 Å². The predicted octanol–water partition coefficient (Wildman–Crippen LogP) is 1.85. The SMILES string of the molecule is C=CCNS(=O)(=O)c1ccc(C(=O)N2CCC[C@H]2c2ncc[nH]2)cc1. The molecule has 1 amide bonds. The second kappa shape index (κ2) is 7.20. The summed E-state index contributed by atoms with van der Waals surface area (Å²) in [5.74, 6) is 0.653. The Balaban J connectivity index is 1.78. The zero-order chi connectivity index (χ0) is 17.9. The highest BCUT2D eigenvalue weighted by atomic mass is 32.2. The first-order valence-electron chi connectivity index (χ1n) is 8.04. The van der Waals surface area contributed by atoms with E-state index in [1.807, 2.05) is 0 Å². The highest BCUT2D eigenvalue weighted by Gasteiger charge is 2.32. The number of H-pyrrole nitrogens is 1. The van der Waals surface area contributed by atoms with Gasteiger partial charge in [0.2, 0.25) is 10.0 Å². The van der Waals surface area contributed by atoms with Crippen molar-refractivity contribution in [3.63, 3.8) is 0 Å². The van der Waals surface area contributed by atoms with E-state index in [1.165, 1.54) is 18.2 Å². The first kappa shape index (κ1) is 17.4. The monoisotopic (exact) mass is 360 g/mol. The highest BCUT2D eigenvalue weighted by molar-refractivity contribution is 7.89. The van der Waals surface area contributed by atoms with Crippen LogP contribution in [-0.2, 0) is 10.0 Å². The van der Waals surface area contributed by atoms with Gasteiger partial charge in [-0.25, -0.2) is 18.1 Å². The van der Waals surface area contributed by atoms with E-state index < -0.39 is 10.0 Å². The molecule has 8 heteroatoms. The number of hydrogen-bond acceptors (Lipinski definition) is 4. The average Bonchev–Trinajstić information content (AvgIpc) is 3.30. The summed E-state index contributed by atoms with van der Waals surface area (Å²) < 4.78 is 26.5. The second-order valence-corrected chi connectivity index (χ2v) is 7.56. The van der Waals surface area contributed by atoms with Gasteiger partial charge in [0.1, 0.15) is 5.82 Å². The van der Waals surface area contributed by atoms with Crippen molar-refractivity contribution < 1.29 is 13.2 Å². The number of nitrogens with zero attached hydrogens (tertiary/aromatic N) is 2. The molecule has 2 heterocycles. The van der Waals surface area contributed by atoms with Gasteiger partial charge in [0, 0.05) is 31.0 Å². The Labute approximate surface area is 146 Å². The van der Waals surface area contributed by atoms with Crippen LogP contribution in [0.15, 0.2) is 54.2 Å². The van der Waals surface area contributed by atoms with E-state index in [0.717, 1.165) is 18.7 Å². The molecule has 1 aliphatic rings. The number of nitrogens with one attached hydrogen (secondary N) is 2. The molecule has 25 heavy (non-hydrogen) atoms. The fraction of sp³-hybridized carbons (Fsp3) is 0.294. The summed E-state index contributed by atoms with van der Waals surface area (Å²) in [5, 5.41) is 0. The minimum atomic E-state index is -3.59. The maximum atomic E-state index is 12.8. The van der Waals surface area contributed by atoms with Crippen molar-refractivity contribution in [3.8, 4) is 0 Å². The normalized spacial score (nSPS) is 17.6. The zero-order valence-electron chi connectivity index (χ0n) is 13.7. The van der Waals surface area contributed by atoms with Gasteiger partial charge in [0.25, 0.3) is 5.91 Å². The third-order valence-electron chi connectivity index (χ3n) is 4.18. The number of sulfonamides is 1. The Bertz CT molecular complexity index is 845. The molecule has 0 unspecified atom stereocenters. The quantitative estimate of drug-likeness (QED) is 0.769. The standard InChI is InChI=1S/C17H20N4O3S/c1-2-9-20-25(23,24)14-7-5-13(6-8-14)17(22)21-12-3-4-15(21)16-18-10-11-19-16/h2,5-8,10-11,15,20H,1,3-4,9,12H2,(H,18,19)/t15-/m0/s1. The lowest BCUT2D eigenvalue weighted by molar-refractivity contribution is 0.0730. The number of imidazole rings is 1. The molecule has 0 radical (unpaired) electrons. The molecule has 1 atom stereocenters. The number of rotatable bonds is 6. The molecule has 3 rings (SSSR count). The first-order valence-corrected chi connectivity index (χ1v) is 9.52. The Morgan fingerprint density at radius 1 is 1.40 bits per heavy atom. The molecule has 0 aliphatic carbocycles. The summed E-state index contributed by atoms with van der Waals surface area (Å²) in [6, 6.07) is 5.90. The van der Waals surface area contributed by atoms with Gasteiger partial charge in [-0.1, -0.05) is 6.08 Å². The lowest BCUT2D eigenvalue weighted by Gasteiger charge is -2.23. The molecule has 1 saturated heterocycles. The van der Waals surface area contributed by atoms with Gasteiger partial charge in [-0.2, -0.15) is 0 Å². The summed E-state index contributed by atoms with van der Waals surface area (Å²) in [5.41, 5.74) is 0.459. The van der Waals surface area contributed by atoms with Crippen molar-refractivity contribution >= 4 is 15.9 Å². The molecular weight excluding hydrogens is 340 g/mol. The molecule has 1 aliphatic heterocycles. The van der Waals surface area contributed by atoms with Crippen molar-refractivity contribution in [2.24, 2.45) is 0 Å². The lowest BCUT2D eigenvalue weighted by Crippen LogP contribution is -2.31. The van der Waals surface area contributed by atoms with E-state index >= 15 is 0 Å². The number of likely N-dealkylation sites (tertiary alicyclic amines) is 1.